The van der Waals surface area contributed by atoms with E-state index in [1.807, 2.05) is 36.7 Å². The number of pyridine rings is 1. The number of aromatic amines is 1. The third-order valence-corrected chi connectivity index (χ3v) is 3.08. The molecule has 1 aromatic carbocycles. The molecule has 2 heterocycles. The first-order chi connectivity index (χ1) is 9.84. The maximum Gasteiger partial charge on any atom is 0.0566 e. The molecule has 0 unspecified atom stereocenters. The van der Waals surface area contributed by atoms with Crippen LogP contribution in [0.2, 0.25) is 0 Å². The number of nitrogens with zero attached hydrogens (tertiary/aromatic N) is 2. The number of aromatic nitrogens is 3. The number of H-pyrrole nitrogens is 1. The van der Waals surface area contributed by atoms with Crippen LogP contribution >= 0.6 is 0 Å². The number of rotatable bonds is 1. The molecule has 2 aromatic heterocycles. The molecule has 96 valence electrons. The van der Waals surface area contributed by atoms with Crippen molar-refractivity contribution in [2.75, 3.05) is 0 Å². The van der Waals surface area contributed by atoms with Crippen LogP contribution < -0.4 is 0 Å². The number of nitrogens with one attached hydrogen (secondary N) is 1. The van der Waals surface area contributed by atoms with Gasteiger partial charge in [-0.1, -0.05) is 24.0 Å². The molecule has 0 aliphatic rings. The minimum atomic E-state index is 0.958. The van der Waals surface area contributed by atoms with E-state index in [0.717, 1.165) is 22.3 Å². The third-order valence-electron chi connectivity index (χ3n) is 3.08. The van der Waals surface area contributed by atoms with Gasteiger partial charge in [0.2, 0.25) is 0 Å². The number of hydrogen-bond acceptors (Lipinski definition) is 2. The molecule has 0 spiro atoms. The van der Waals surface area contributed by atoms with Gasteiger partial charge < -0.3 is 0 Å². The van der Waals surface area contributed by atoms with E-state index < -0.39 is 0 Å². The Bertz CT molecular complexity index is 763. The molecule has 20 heavy (non-hydrogen) atoms. The second-order valence-corrected chi connectivity index (χ2v) is 4.47. The zero-order valence-electron chi connectivity index (χ0n) is 11.1. The summed E-state index contributed by atoms with van der Waals surface area (Å²) in [6.07, 6.45) is 7.20. The Hall–Kier alpha value is -2.86. The van der Waals surface area contributed by atoms with Crippen molar-refractivity contribution in [2.45, 2.75) is 6.92 Å². The fourth-order valence-corrected chi connectivity index (χ4v) is 2.12. The van der Waals surface area contributed by atoms with E-state index in [9.17, 15) is 0 Å². The molecule has 0 radical (unpaired) electrons. The van der Waals surface area contributed by atoms with Crippen LogP contribution in [-0.4, -0.2) is 15.2 Å². The molecule has 3 heteroatoms. The minimum absolute atomic E-state index is 0.958. The van der Waals surface area contributed by atoms with Gasteiger partial charge in [-0.25, -0.2) is 0 Å². The Labute approximate surface area is 117 Å². The van der Waals surface area contributed by atoms with Gasteiger partial charge in [-0.05, 0) is 30.7 Å². The van der Waals surface area contributed by atoms with Crippen LogP contribution in [0.15, 0.2) is 55.1 Å². The van der Waals surface area contributed by atoms with Crippen molar-refractivity contribution in [3.8, 4) is 23.0 Å². The van der Waals surface area contributed by atoms with Crippen molar-refractivity contribution in [2.24, 2.45) is 0 Å². The molecule has 0 atom stereocenters. The summed E-state index contributed by atoms with van der Waals surface area (Å²) in [5.41, 5.74) is 5.33. The van der Waals surface area contributed by atoms with E-state index in [1.54, 1.807) is 12.4 Å². The van der Waals surface area contributed by atoms with Gasteiger partial charge >= 0.3 is 0 Å². The lowest BCUT2D eigenvalue weighted by Gasteiger charge is -2.05. The second kappa shape index (κ2) is 5.41. The van der Waals surface area contributed by atoms with E-state index >= 15 is 0 Å². The van der Waals surface area contributed by atoms with Crippen molar-refractivity contribution in [3.05, 3.63) is 71.8 Å². The molecule has 3 aromatic rings. The van der Waals surface area contributed by atoms with Crippen molar-refractivity contribution in [3.63, 3.8) is 0 Å². The quantitative estimate of drug-likeness (QED) is 0.682. The first-order valence-corrected chi connectivity index (χ1v) is 6.35. The van der Waals surface area contributed by atoms with E-state index in [1.165, 1.54) is 5.56 Å². The van der Waals surface area contributed by atoms with Crippen LogP contribution in [0.3, 0.4) is 0 Å². The van der Waals surface area contributed by atoms with Crippen LogP contribution in [0.4, 0.5) is 0 Å². The fraction of sp³-hybridized carbons (Fsp3) is 0.0588. The standard InChI is InChI=1S/C17H13N3/c1-13-3-2-4-15(17(13)16-11-19-20-12-16)6-5-14-7-9-18-10-8-14/h2-4,7-12H,1H3,(H,19,20). The average molecular weight is 259 g/mol. The number of benzene rings is 1. The predicted octanol–water partition coefficient (Wildman–Crippen LogP) is 3.18. The lowest BCUT2D eigenvalue weighted by Crippen LogP contribution is -1.87. The molecule has 0 amide bonds. The number of hydrogen-bond donors (Lipinski definition) is 1. The Kier molecular flexibility index (Phi) is 3.30. The molecule has 0 aliphatic heterocycles. The largest absolute Gasteiger partial charge is 0.285 e. The predicted molar refractivity (Wildman–Crippen MR) is 79.0 cm³/mol. The van der Waals surface area contributed by atoms with E-state index in [-0.39, 0.29) is 0 Å². The Morgan fingerprint density at radius 3 is 2.65 bits per heavy atom. The molecule has 0 aliphatic carbocycles. The van der Waals surface area contributed by atoms with E-state index in [2.05, 4.69) is 40.0 Å². The second-order valence-electron chi connectivity index (χ2n) is 4.47. The molecular formula is C17H13N3. The SMILES string of the molecule is Cc1cccc(C#Cc2ccncc2)c1-c1cn[nH]c1. The molecule has 1 N–H and O–H groups in total. The van der Waals surface area contributed by atoms with Gasteiger partial charge in [0.1, 0.15) is 0 Å². The molecule has 0 saturated heterocycles. The minimum Gasteiger partial charge on any atom is -0.285 e. The fourth-order valence-electron chi connectivity index (χ4n) is 2.12. The summed E-state index contributed by atoms with van der Waals surface area (Å²) in [7, 11) is 0. The van der Waals surface area contributed by atoms with Crippen molar-refractivity contribution in [1.29, 1.82) is 0 Å². The van der Waals surface area contributed by atoms with Gasteiger partial charge in [0, 0.05) is 40.8 Å². The highest BCUT2D eigenvalue weighted by atomic mass is 15.1. The van der Waals surface area contributed by atoms with Gasteiger partial charge in [0.25, 0.3) is 0 Å². The highest BCUT2D eigenvalue weighted by molar-refractivity contribution is 5.73. The van der Waals surface area contributed by atoms with E-state index in [0.29, 0.717) is 0 Å². The third kappa shape index (κ3) is 2.45. The van der Waals surface area contributed by atoms with Crippen LogP contribution in [-0.2, 0) is 0 Å². The smallest absolute Gasteiger partial charge is 0.0566 e. The average Bonchev–Trinajstić information content (AvgIpc) is 3.00. The van der Waals surface area contributed by atoms with Crippen molar-refractivity contribution < 1.29 is 0 Å². The van der Waals surface area contributed by atoms with Gasteiger partial charge in [-0.15, -0.1) is 0 Å². The van der Waals surface area contributed by atoms with Gasteiger partial charge in [-0.3, -0.25) is 10.1 Å². The molecule has 0 saturated carbocycles. The van der Waals surface area contributed by atoms with Gasteiger partial charge in [-0.2, -0.15) is 5.10 Å². The van der Waals surface area contributed by atoms with Crippen LogP contribution in [0, 0.1) is 18.8 Å². The Balaban J connectivity index is 2.08. The van der Waals surface area contributed by atoms with E-state index in [4.69, 9.17) is 0 Å². The lowest BCUT2D eigenvalue weighted by molar-refractivity contribution is 1.09. The monoisotopic (exact) mass is 259 g/mol. The lowest BCUT2D eigenvalue weighted by atomic mass is 9.97. The number of aryl methyl sites for hydroxylation is 1. The van der Waals surface area contributed by atoms with Crippen molar-refractivity contribution >= 4 is 0 Å². The van der Waals surface area contributed by atoms with Crippen LogP contribution in [0.25, 0.3) is 11.1 Å². The maximum absolute atomic E-state index is 4.02. The molecule has 0 bridgehead atoms. The first-order valence-electron chi connectivity index (χ1n) is 6.35. The summed E-state index contributed by atoms with van der Waals surface area (Å²) in [5.74, 6) is 6.41. The normalized spacial score (nSPS) is 9.85. The van der Waals surface area contributed by atoms with Crippen LogP contribution in [0.5, 0.6) is 0 Å². The highest BCUT2D eigenvalue weighted by Gasteiger charge is 2.07. The Morgan fingerprint density at radius 2 is 1.90 bits per heavy atom. The van der Waals surface area contributed by atoms with Crippen molar-refractivity contribution in [1.82, 2.24) is 15.2 Å². The summed E-state index contributed by atoms with van der Waals surface area (Å²) >= 11 is 0. The topological polar surface area (TPSA) is 41.6 Å². The summed E-state index contributed by atoms with van der Waals surface area (Å²) in [5, 5.41) is 6.87. The van der Waals surface area contributed by atoms with Gasteiger partial charge in [0.15, 0.2) is 0 Å². The molecule has 3 rings (SSSR count). The summed E-state index contributed by atoms with van der Waals surface area (Å²) in [6.45, 7) is 2.08. The summed E-state index contributed by atoms with van der Waals surface area (Å²) < 4.78 is 0. The van der Waals surface area contributed by atoms with Gasteiger partial charge in [0.05, 0.1) is 6.20 Å². The zero-order valence-corrected chi connectivity index (χ0v) is 11.1. The summed E-state index contributed by atoms with van der Waals surface area (Å²) in [4.78, 5) is 3.99. The molecule has 3 nitrogen and oxygen atoms in total. The first kappa shape index (κ1) is 12.2. The zero-order chi connectivity index (χ0) is 13.8. The Morgan fingerprint density at radius 1 is 1.05 bits per heavy atom. The summed E-state index contributed by atoms with van der Waals surface area (Å²) in [6, 6.07) is 9.94. The van der Waals surface area contributed by atoms with Crippen LogP contribution in [0.1, 0.15) is 16.7 Å². The molecular weight excluding hydrogens is 246 g/mol. The maximum atomic E-state index is 4.02. The highest BCUT2D eigenvalue weighted by Crippen LogP contribution is 2.25. The molecule has 0 fully saturated rings.